The lowest BCUT2D eigenvalue weighted by molar-refractivity contribution is 0.206. The Morgan fingerprint density at radius 3 is 2.50 bits per heavy atom. The van der Waals surface area contributed by atoms with Crippen molar-refractivity contribution in [3.63, 3.8) is 0 Å². The van der Waals surface area contributed by atoms with Gasteiger partial charge in [-0.15, -0.1) is 11.8 Å². The van der Waals surface area contributed by atoms with Gasteiger partial charge in [0, 0.05) is 30.6 Å². The Bertz CT molecular complexity index is 631. The van der Waals surface area contributed by atoms with Crippen molar-refractivity contribution in [1.29, 1.82) is 0 Å². The fourth-order valence-corrected chi connectivity index (χ4v) is 2.43. The van der Waals surface area contributed by atoms with E-state index in [1.165, 1.54) is 11.0 Å². The molecule has 0 fully saturated rings. The third-order valence-electron chi connectivity index (χ3n) is 3.31. The molecule has 0 saturated carbocycles. The Kier molecular flexibility index (Phi) is 5.83. The number of halogens is 1. The largest absolute Gasteiger partial charge is 0.334 e. The van der Waals surface area contributed by atoms with Gasteiger partial charge in [0.05, 0.1) is 0 Å². The predicted molar refractivity (Wildman–Crippen MR) is 88.3 cm³/mol. The zero-order valence-corrected chi connectivity index (χ0v) is 13.5. The Morgan fingerprint density at radius 2 is 1.86 bits per heavy atom. The molecule has 116 valence electrons. The van der Waals surface area contributed by atoms with Crippen LogP contribution in [-0.2, 0) is 13.1 Å². The summed E-state index contributed by atoms with van der Waals surface area (Å²) in [7, 11) is 1.72. The zero-order valence-electron chi connectivity index (χ0n) is 12.7. The molecule has 0 aliphatic carbocycles. The number of carbonyl (C=O) groups excluding carboxylic acids is 1. The van der Waals surface area contributed by atoms with Gasteiger partial charge in [0.25, 0.3) is 0 Å². The van der Waals surface area contributed by atoms with Crippen molar-refractivity contribution in [3.05, 3.63) is 65.5 Å². The first-order valence-electron chi connectivity index (χ1n) is 6.95. The summed E-state index contributed by atoms with van der Waals surface area (Å²) in [6.45, 7) is 0.693. The van der Waals surface area contributed by atoms with Crippen LogP contribution in [0.25, 0.3) is 0 Å². The van der Waals surface area contributed by atoms with Crippen LogP contribution in [0.3, 0.4) is 0 Å². The van der Waals surface area contributed by atoms with Gasteiger partial charge in [-0.2, -0.15) is 0 Å². The third kappa shape index (κ3) is 4.49. The summed E-state index contributed by atoms with van der Waals surface area (Å²) in [6, 6.07) is 14.3. The molecule has 0 atom stereocenters. The lowest BCUT2D eigenvalue weighted by Crippen LogP contribution is -2.36. The minimum absolute atomic E-state index is 0.182. The van der Waals surface area contributed by atoms with Crippen molar-refractivity contribution in [2.75, 3.05) is 13.3 Å². The average molecular weight is 318 g/mol. The van der Waals surface area contributed by atoms with Crippen LogP contribution in [0, 0.1) is 5.82 Å². The fraction of sp³-hybridized carbons (Fsp3) is 0.235. The van der Waals surface area contributed by atoms with Crippen LogP contribution in [0.2, 0.25) is 0 Å². The molecule has 0 saturated heterocycles. The van der Waals surface area contributed by atoms with Gasteiger partial charge in [0.1, 0.15) is 5.82 Å². The summed E-state index contributed by atoms with van der Waals surface area (Å²) < 4.78 is 13.5. The maximum absolute atomic E-state index is 13.5. The summed E-state index contributed by atoms with van der Waals surface area (Å²) in [4.78, 5) is 14.8. The third-order valence-corrected chi connectivity index (χ3v) is 4.06. The normalized spacial score (nSPS) is 10.3. The summed E-state index contributed by atoms with van der Waals surface area (Å²) >= 11 is 1.68. The first kappa shape index (κ1) is 16.4. The molecule has 2 rings (SSSR count). The Labute approximate surface area is 134 Å². The molecular formula is C17H19FN2OS. The molecule has 22 heavy (non-hydrogen) atoms. The van der Waals surface area contributed by atoms with Gasteiger partial charge < -0.3 is 10.2 Å². The first-order valence-corrected chi connectivity index (χ1v) is 8.18. The molecule has 2 amide bonds. The number of nitrogens with one attached hydrogen (secondary N) is 1. The first-order chi connectivity index (χ1) is 10.6. The molecule has 0 aromatic heterocycles. The van der Waals surface area contributed by atoms with Crippen LogP contribution in [0.15, 0.2) is 53.4 Å². The van der Waals surface area contributed by atoms with Gasteiger partial charge in [-0.25, -0.2) is 9.18 Å². The molecule has 0 unspecified atom stereocenters. The summed E-state index contributed by atoms with van der Waals surface area (Å²) in [6.07, 6.45) is 2.03. The molecule has 1 N–H and O–H groups in total. The molecule has 0 bridgehead atoms. The van der Waals surface area contributed by atoms with Crippen LogP contribution in [0.4, 0.5) is 9.18 Å². The van der Waals surface area contributed by atoms with E-state index in [2.05, 4.69) is 5.32 Å². The summed E-state index contributed by atoms with van der Waals surface area (Å²) in [5.74, 6) is -0.307. The highest BCUT2D eigenvalue weighted by Gasteiger charge is 2.10. The highest BCUT2D eigenvalue weighted by atomic mass is 32.2. The molecule has 0 spiro atoms. The van der Waals surface area contributed by atoms with Gasteiger partial charge >= 0.3 is 6.03 Å². The number of carbonyl (C=O) groups is 1. The van der Waals surface area contributed by atoms with Gasteiger partial charge in [-0.05, 0) is 30.0 Å². The maximum atomic E-state index is 13.5. The van der Waals surface area contributed by atoms with E-state index in [1.807, 2.05) is 30.5 Å². The summed E-state index contributed by atoms with van der Waals surface area (Å²) in [5.41, 5.74) is 1.54. The maximum Gasteiger partial charge on any atom is 0.317 e. The molecule has 2 aromatic carbocycles. The summed E-state index contributed by atoms with van der Waals surface area (Å²) in [5, 5.41) is 2.73. The number of benzene rings is 2. The minimum atomic E-state index is -0.307. The van der Waals surface area contributed by atoms with E-state index in [4.69, 9.17) is 0 Å². The highest BCUT2D eigenvalue weighted by Crippen LogP contribution is 2.15. The van der Waals surface area contributed by atoms with E-state index < -0.39 is 0 Å². The number of nitrogens with zero attached hydrogens (tertiary/aromatic N) is 1. The Hall–Kier alpha value is -2.01. The Morgan fingerprint density at radius 1 is 1.18 bits per heavy atom. The monoisotopic (exact) mass is 318 g/mol. The van der Waals surface area contributed by atoms with Crippen LogP contribution in [0.1, 0.15) is 11.1 Å². The molecule has 0 aliphatic heterocycles. The quantitative estimate of drug-likeness (QED) is 0.848. The van der Waals surface area contributed by atoms with E-state index in [0.717, 1.165) is 5.56 Å². The van der Waals surface area contributed by atoms with Crippen LogP contribution in [0.5, 0.6) is 0 Å². The van der Waals surface area contributed by atoms with E-state index in [1.54, 1.807) is 41.9 Å². The van der Waals surface area contributed by atoms with Gasteiger partial charge in [-0.1, -0.05) is 30.3 Å². The number of rotatable bonds is 5. The standard InChI is InChI=1S/C17H19FN2OS/c1-20(12-13-7-9-15(22-2)10-8-13)17(21)19-11-14-5-3-4-6-16(14)18/h3-10H,11-12H2,1-2H3,(H,19,21). The number of hydrogen-bond donors (Lipinski definition) is 1. The number of urea groups is 1. The van der Waals surface area contributed by atoms with Crippen molar-refractivity contribution in [2.24, 2.45) is 0 Å². The Balaban J connectivity index is 1.87. The molecule has 0 heterocycles. The number of hydrogen-bond acceptors (Lipinski definition) is 2. The molecule has 0 aliphatic rings. The van der Waals surface area contributed by atoms with Crippen molar-refractivity contribution >= 4 is 17.8 Å². The second-order valence-electron chi connectivity index (χ2n) is 4.95. The second kappa shape index (κ2) is 7.84. The van der Waals surface area contributed by atoms with E-state index in [-0.39, 0.29) is 18.4 Å². The minimum Gasteiger partial charge on any atom is -0.334 e. The lowest BCUT2D eigenvalue weighted by Gasteiger charge is -2.18. The van der Waals surface area contributed by atoms with E-state index >= 15 is 0 Å². The molecule has 0 radical (unpaired) electrons. The smallest absolute Gasteiger partial charge is 0.317 e. The van der Waals surface area contributed by atoms with Crippen LogP contribution < -0.4 is 5.32 Å². The second-order valence-corrected chi connectivity index (χ2v) is 5.83. The van der Waals surface area contributed by atoms with Crippen molar-refractivity contribution in [3.8, 4) is 0 Å². The van der Waals surface area contributed by atoms with Gasteiger partial charge in [0.15, 0.2) is 0 Å². The fourth-order valence-electron chi connectivity index (χ4n) is 2.02. The van der Waals surface area contributed by atoms with Crippen molar-refractivity contribution < 1.29 is 9.18 Å². The zero-order chi connectivity index (χ0) is 15.9. The highest BCUT2D eigenvalue weighted by molar-refractivity contribution is 7.98. The van der Waals surface area contributed by atoms with Gasteiger partial charge in [-0.3, -0.25) is 0 Å². The van der Waals surface area contributed by atoms with E-state index in [0.29, 0.717) is 12.1 Å². The van der Waals surface area contributed by atoms with E-state index in [9.17, 15) is 9.18 Å². The van der Waals surface area contributed by atoms with Crippen molar-refractivity contribution in [2.45, 2.75) is 18.0 Å². The SMILES string of the molecule is CSc1ccc(CN(C)C(=O)NCc2ccccc2F)cc1. The topological polar surface area (TPSA) is 32.3 Å². The van der Waals surface area contributed by atoms with Crippen LogP contribution in [-0.4, -0.2) is 24.2 Å². The lowest BCUT2D eigenvalue weighted by atomic mass is 10.2. The average Bonchev–Trinajstić information content (AvgIpc) is 2.54. The molecule has 5 heteroatoms. The van der Waals surface area contributed by atoms with Crippen molar-refractivity contribution in [1.82, 2.24) is 10.2 Å². The number of thioether (sulfide) groups is 1. The molecule has 2 aromatic rings. The van der Waals surface area contributed by atoms with Gasteiger partial charge in [0.2, 0.25) is 0 Å². The molecule has 3 nitrogen and oxygen atoms in total. The number of amides is 2. The molecular weight excluding hydrogens is 299 g/mol. The predicted octanol–water partition coefficient (Wildman–Crippen LogP) is 3.89. The van der Waals surface area contributed by atoms with Crippen LogP contribution >= 0.6 is 11.8 Å².